The Hall–Kier alpha value is -1.84. The normalized spacial score (nSPS) is 29.6. The summed E-state index contributed by atoms with van der Waals surface area (Å²) in [7, 11) is 0. The van der Waals surface area contributed by atoms with Crippen molar-refractivity contribution in [2.75, 3.05) is 6.61 Å². The van der Waals surface area contributed by atoms with Crippen molar-refractivity contribution in [3.63, 3.8) is 0 Å². The quantitative estimate of drug-likeness (QED) is 0.129. The fourth-order valence-electron chi connectivity index (χ4n) is 7.70. The van der Waals surface area contributed by atoms with Gasteiger partial charge in [0.05, 0.1) is 19.2 Å². The van der Waals surface area contributed by atoms with Gasteiger partial charge in [-0.25, -0.2) is 0 Å². The van der Waals surface area contributed by atoms with E-state index >= 15 is 0 Å². The van der Waals surface area contributed by atoms with Gasteiger partial charge in [-0.15, -0.1) is 0 Å². The van der Waals surface area contributed by atoms with Crippen LogP contribution < -0.4 is 5.32 Å². The van der Waals surface area contributed by atoms with Crippen molar-refractivity contribution in [1.29, 1.82) is 0 Å². The van der Waals surface area contributed by atoms with Crippen LogP contribution in [0.25, 0.3) is 0 Å². The van der Waals surface area contributed by atoms with Crippen LogP contribution in [0.3, 0.4) is 0 Å². The summed E-state index contributed by atoms with van der Waals surface area (Å²) in [6, 6.07) is 6.05. The Kier molecular flexibility index (Phi) is 12.2. The third-order valence-electron chi connectivity index (χ3n) is 9.95. The van der Waals surface area contributed by atoms with Crippen LogP contribution in [0.2, 0.25) is 0 Å². The maximum atomic E-state index is 14.7. The van der Waals surface area contributed by atoms with Crippen molar-refractivity contribution < 1.29 is 43.3 Å². The van der Waals surface area contributed by atoms with Crippen LogP contribution in [0.15, 0.2) is 24.3 Å². The lowest BCUT2D eigenvalue weighted by Crippen LogP contribution is -2.70. The van der Waals surface area contributed by atoms with Gasteiger partial charge in [0.2, 0.25) is 5.91 Å². The van der Waals surface area contributed by atoms with Gasteiger partial charge in [0.15, 0.2) is 11.8 Å². The Bertz CT molecular complexity index is 1290. The zero-order valence-corrected chi connectivity index (χ0v) is 31.2. The molecule has 0 unspecified atom stereocenters. The number of aliphatic hydroxyl groups is 1. The molecule has 0 radical (unpaired) electrons. The topological polar surface area (TPSA) is 133 Å². The molecule has 1 aromatic carbocycles. The Balaban J connectivity index is 1.47. The van der Waals surface area contributed by atoms with Crippen LogP contribution in [0, 0.1) is 8.99 Å². The number of ether oxygens (including phenoxy) is 4. The van der Waals surface area contributed by atoms with Gasteiger partial charge in [-0.1, -0.05) is 57.7 Å². The minimum absolute atomic E-state index is 0.0159. The predicted octanol–water partition coefficient (Wildman–Crippen LogP) is 5.33. The van der Waals surface area contributed by atoms with Crippen LogP contribution in [0.4, 0.5) is 0 Å². The first-order valence-corrected chi connectivity index (χ1v) is 18.8. The molecule has 11 nitrogen and oxygen atoms in total. The highest BCUT2D eigenvalue weighted by Crippen LogP contribution is 2.58. The van der Waals surface area contributed by atoms with E-state index < -0.39 is 71.1 Å². The molecule has 3 aliphatic heterocycles. The fraction of sp³-hybridized carbons (Fsp3) is 0.750. The van der Waals surface area contributed by atoms with E-state index in [2.05, 4.69) is 41.8 Å². The van der Waals surface area contributed by atoms with E-state index in [9.17, 15) is 19.5 Å². The van der Waals surface area contributed by atoms with Crippen LogP contribution in [0.5, 0.6) is 0 Å². The maximum Gasteiger partial charge on any atom is 0.327 e. The number of hydrogen-bond donors (Lipinski definition) is 2. The van der Waals surface area contributed by atoms with Gasteiger partial charge < -0.3 is 29.4 Å². The number of unbranched alkanes of at least 4 members (excludes halogenated alkanes) is 4. The number of aliphatic hydroxyl groups excluding tert-OH is 1. The van der Waals surface area contributed by atoms with Crippen molar-refractivity contribution in [1.82, 2.24) is 10.4 Å². The number of hydroxylamine groups is 2. The molecule has 4 fully saturated rings. The van der Waals surface area contributed by atoms with Gasteiger partial charge in [0, 0.05) is 29.3 Å². The van der Waals surface area contributed by atoms with E-state index in [0.717, 1.165) is 47.7 Å². The maximum absolute atomic E-state index is 14.7. The minimum Gasteiger partial charge on any atom is -0.460 e. The predicted molar refractivity (Wildman–Crippen MR) is 185 cm³/mol. The van der Waals surface area contributed by atoms with Gasteiger partial charge in [0.25, 0.3) is 0 Å². The Morgan fingerprint density at radius 2 is 1.75 bits per heavy atom. The van der Waals surface area contributed by atoms with Crippen molar-refractivity contribution in [2.24, 2.45) is 5.41 Å². The Labute approximate surface area is 298 Å². The SMILES string of the molecule is CCCCCC1(CCCCC)O[C@@H]2[C@H](O1)[C@H]1ON(Cc3ccccc3I)[C@@H]3C(=O)O[C@@H]2C[C@]13C(=O)N[C@H](CO)CCC(=O)OC(C)(C)C. The summed E-state index contributed by atoms with van der Waals surface area (Å²) in [5.41, 5.74) is -1.07. The molecule has 3 heterocycles. The molecule has 4 aliphatic rings. The smallest absolute Gasteiger partial charge is 0.327 e. The van der Waals surface area contributed by atoms with Gasteiger partial charge >= 0.3 is 11.9 Å². The zero-order chi connectivity index (χ0) is 34.7. The van der Waals surface area contributed by atoms with E-state index in [0.29, 0.717) is 12.8 Å². The largest absolute Gasteiger partial charge is 0.460 e. The number of fused-ring (bicyclic) bond motifs is 4. The molecule has 1 saturated carbocycles. The summed E-state index contributed by atoms with van der Waals surface area (Å²) < 4.78 is 26.3. The molecule has 48 heavy (non-hydrogen) atoms. The highest BCUT2D eigenvalue weighted by Gasteiger charge is 2.76. The molecule has 3 saturated heterocycles. The first-order chi connectivity index (χ1) is 22.9. The summed E-state index contributed by atoms with van der Waals surface area (Å²) in [6.45, 7) is 9.57. The second-order valence-electron chi connectivity index (χ2n) is 14.8. The second kappa shape index (κ2) is 15.6. The van der Waals surface area contributed by atoms with Crippen molar-refractivity contribution in [3.8, 4) is 0 Å². The van der Waals surface area contributed by atoms with Crippen LogP contribution in [-0.2, 0) is 44.7 Å². The van der Waals surface area contributed by atoms with Crippen molar-refractivity contribution in [2.45, 2.75) is 160 Å². The average Bonchev–Trinajstić information content (AvgIpc) is 3.58. The molecule has 1 aromatic rings. The van der Waals surface area contributed by atoms with Crippen LogP contribution in [-0.4, -0.2) is 82.5 Å². The van der Waals surface area contributed by atoms with E-state index in [1.165, 1.54) is 0 Å². The molecule has 0 aromatic heterocycles. The molecule has 268 valence electrons. The molecule has 1 aliphatic carbocycles. The van der Waals surface area contributed by atoms with E-state index in [1.54, 1.807) is 25.8 Å². The third-order valence-corrected chi connectivity index (χ3v) is 11.0. The van der Waals surface area contributed by atoms with E-state index in [4.69, 9.17) is 23.8 Å². The number of amides is 1. The number of halogens is 1. The Morgan fingerprint density at radius 1 is 1.08 bits per heavy atom. The standard InChI is InChI=1S/C36H53IN2O9/c1-6-8-12-18-35(19-13-9-7-2)46-28-26-20-36(33(43)38-24(22-40)16-17-27(41)45-34(3,4)5)30(32(42)44-26)39(48-31(36)29(28)47-35)21-23-14-10-11-15-25(23)37/h10-11,14-15,24,26,28-31,40H,6-9,12-13,16-22H2,1-5H3,(H,38,43)/t24-,26+,28-,29-,30+,31+,36+/m0/s1. The number of carbonyl (C=O) groups excluding carboxylic acids is 3. The number of benzene rings is 1. The average molecular weight is 785 g/mol. The van der Waals surface area contributed by atoms with Gasteiger partial charge in [0.1, 0.15) is 35.4 Å². The number of nitrogens with one attached hydrogen (secondary N) is 1. The van der Waals surface area contributed by atoms with Gasteiger partial charge in [-0.3, -0.25) is 19.2 Å². The lowest BCUT2D eigenvalue weighted by molar-refractivity contribution is -0.224. The molecule has 12 heteroatoms. The molecule has 1 amide bonds. The first kappa shape index (κ1) is 37.4. The lowest BCUT2D eigenvalue weighted by atomic mass is 9.62. The molecular weight excluding hydrogens is 731 g/mol. The number of hydrogen-bond acceptors (Lipinski definition) is 10. The number of nitrogens with zero attached hydrogens (tertiary/aromatic N) is 1. The Morgan fingerprint density at radius 3 is 2.38 bits per heavy atom. The summed E-state index contributed by atoms with van der Waals surface area (Å²) in [5.74, 6) is -2.24. The lowest BCUT2D eigenvalue weighted by Gasteiger charge is -2.49. The highest BCUT2D eigenvalue weighted by molar-refractivity contribution is 14.1. The molecule has 2 bridgehead atoms. The third kappa shape index (κ3) is 7.88. The molecule has 5 rings (SSSR count). The summed E-state index contributed by atoms with van der Waals surface area (Å²) in [6.07, 6.45) is 5.09. The number of esters is 2. The first-order valence-electron chi connectivity index (χ1n) is 17.7. The fourth-order valence-corrected chi connectivity index (χ4v) is 8.26. The van der Waals surface area contributed by atoms with E-state index in [1.807, 2.05) is 24.3 Å². The molecule has 0 spiro atoms. The van der Waals surface area contributed by atoms with E-state index in [-0.39, 0.29) is 32.4 Å². The summed E-state index contributed by atoms with van der Waals surface area (Å²) >= 11 is 2.26. The van der Waals surface area contributed by atoms with Crippen molar-refractivity contribution >= 4 is 40.4 Å². The summed E-state index contributed by atoms with van der Waals surface area (Å²) in [5, 5.41) is 14.9. The number of rotatable bonds is 16. The van der Waals surface area contributed by atoms with Crippen LogP contribution >= 0.6 is 22.6 Å². The monoisotopic (exact) mass is 784 g/mol. The minimum atomic E-state index is -1.37. The van der Waals surface area contributed by atoms with Gasteiger partial charge in [-0.2, -0.15) is 5.06 Å². The highest BCUT2D eigenvalue weighted by atomic mass is 127. The van der Waals surface area contributed by atoms with Crippen molar-refractivity contribution in [3.05, 3.63) is 33.4 Å². The molecular formula is C36H53IN2O9. The second-order valence-corrected chi connectivity index (χ2v) is 15.9. The number of carbonyl (C=O) groups is 3. The van der Waals surface area contributed by atoms with Gasteiger partial charge in [-0.05, 0) is 74.3 Å². The molecule has 7 atom stereocenters. The van der Waals surface area contributed by atoms with Crippen LogP contribution in [0.1, 0.15) is 111 Å². The summed E-state index contributed by atoms with van der Waals surface area (Å²) in [4.78, 5) is 47.8. The molecule has 2 N–H and O–H groups in total. The zero-order valence-electron chi connectivity index (χ0n) is 29.0.